The van der Waals surface area contributed by atoms with Crippen molar-refractivity contribution in [2.45, 2.75) is 26.1 Å². The molecule has 0 heterocycles. The molecule has 0 atom stereocenters. The zero-order chi connectivity index (χ0) is 4.50. The summed E-state index contributed by atoms with van der Waals surface area (Å²) in [4.78, 5) is 0. The molecule has 0 aromatic heterocycles. The number of hydrogen-bond acceptors (Lipinski definition) is 0. The van der Waals surface area contributed by atoms with E-state index in [9.17, 15) is 0 Å². The molecule has 0 bridgehead atoms. The minimum Gasteiger partial charge on any atom is -0.412 e. The fourth-order valence-corrected chi connectivity index (χ4v) is 0. The average molecular weight is 104 g/mol. The van der Waals surface area contributed by atoms with Crippen molar-refractivity contribution in [1.29, 1.82) is 0 Å². The Labute approximate surface area is 45.9 Å². The van der Waals surface area contributed by atoms with Gasteiger partial charge in [-0.15, -0.1) is 0 Å². The largest absolute Gasteiger partial charge is 0.412 e. The summed E-state index contributed by atoms with van der Waals surface area (Å²) in [6.45, 7) is 5.90. The molecule has 0 aliphatic rings. The minimum atomic E-state index is 0. The lowest BCUT2D eigenvalue weighted by molar-refractivity contribution is 0.767. The van der Waals surface area contributed by atoms with Crippen LogP contribution in [0.15, 0.2) is 0 Å². The minimum absolute atomic E-state index is 0. The van der Waals surface area contributed by atoms with Crippen LogP contribution < -0.4 is 0 Å². The zero-order valence-electron chi connectivity index (χ0n) is 5.08. The maximum absolute atomic E-state index is 5.35. The van der Waals surface area contributed by atoms with Crippen LogP contribution in [0.25, 0.3) is 0 Å². The van der Waals surface area contributed by atoms with Gasteiger partial charge in [0.15, 0.2) is 0 Å². The van der Waals surface area contributed by atoms with Crippen LogP contribution in [-0.2, 0) is 0 Å². The predicted molar refractivity (Wildman–Crippen MR) is 32.7 cm³/mol. The van der Waals surface area contributed by atoms with E-state index in [4.69, 9.17) is 7.85 Å². The normalized spacial score (nSPS) is 8.43. The van der Waals surface area contributed by atoms with Gasteiger partial charge in [-0.3, -0.25) is 0 Å². The first-order valence-corrected chi connectivity index (χ1v) is 1.79. The Balaban J connectivity index is -0.0000000800. The van der Waals surface area contributed by atoms with E-state index in [1.54, 1.807) is 0 Å². The molecule has 0 aromatic carbocycles. The van der Waals surface area contributed by atoms with Crippen LogP contribution >= 0.6 is 0 Å². The molecule has 2 radical (unpaired) electrons. The first-order valence-electron chi connectivity index (χ1n) is 1.79. The highest BCUT2D eigenvalue weighted by Crippen LogP contribution is 2.13. The molecule has 0 unspecified atom stereocenters. The quantitative estimate of drug-likeness (QED) is 0.379. The van der Waals surface area contributed by atoms with Gasteiger partial charge in [-0.2, -0.15) is 0 Å². The Morgan fingerprint density at radius 3 is 1.00 bits per heavy atom. The lowest BCUT2D eigenvalue weighted by Crippen LogP contribution is -1.90. The topological polar surface area (TPSA) is 63.0 Å². The second-order valence-corrected chi connectivity index (χ2v) is 2.37. The summed E-state index contributed by atoms with van der Waals surface area (Å²) < 4.78 is 0. The van der Waals surface area contributed by atoms with Crippen LogP contribution in [0, 0.1) is 0 Å². The van der Waals surface area contributed by atoms with E-state index in [0.717, 1.165) is 0 Å². The van der Waals surface area contributed by atoms with Crippen molar-refractivity contribution < 1.29 is 11.0 Å². The molecule has 44 valence electrons. The Morgan fingerprint density at radius 2 is 1.00 bits per heavy atom. The Kier molecular flexibility index (Phi) is 9.35. The highest BCUT2D eigenvalue weighted by molar-refractivity contribution is 6.14. The summed E-state index contributed by atoms with van der Waals surface area (Å²) in [5.74, 6) is 0. The Bertz CT molecular complexity index is 25.2. The van der Waals surface area contributed by atoms with Gasteiger partial charge >= 0.3 is 0 Å². The maximum Gasteiger partial charge on any atom is 0.0735 e. The van der Waals surface area contributed by atoms with Crippen LogP contribution in [0.1, 0.15) is 20.8 Å². The molecule has 0 amide bonds. The van der Waals surface area contributed by atoms with Crippen molar-refractivity contribution >= 4 is 7.85 Å². The van der Waals surface area contributed by atoms with Crippen LogP contribution in [0.2, 0.25) is 5.31 Å². The Morgan fingerprint density at radius 1 is 1.00 bits per heavy atom. The standard InChI is InChI=1S/C4H9B.2H2O/c1-4(2,3)5;;/h1-3H3;2*1H2. The first kappa shape index (κ1) is 15.8. The fourth-order valence-electron chi connectivity index (χ4n) is 0. The van der Waals surface area contributed by atoms with Gasteiger partial charge in [0, 0.05) is 0 Å². The third kappa shape index (κ3) is 419000. The number of rotatable bonds is 0. The van der Waals surface area contributed by atoms with Crippen molar-refractivity contribution in [3.63, 3.8) is 0 Å². The fraction of sp³-hybridized carbons (Fsp3) is 1.00. The van der Waals surface area contributed by atoms with E-state index in [0.29, 0.717) is 0 Å². The summed E-state index contributed by atoms with van der Waals surface area (Å²) in [5, 5.41) is 0. The van der Waals surface area contributed by atoms with Crippen molar-refractivity contribution in [2.24, 2.45) is 0 Å². The van der Waals surface area contributed by atoms with Gasteiger partial charge in [0.05, 0.1) is 7.85 Å². The molecule has 3 heteroatoms. The van der Waals surface area contributed by atoms with Gasteiger partial charge in [-0.25, -0.2) is 0 Å². The molecule has 0 aliphatic carbocycles. The lowest BCUT2D eigenvalue weighted by atomic mass is 9.75. The molecule has 0 fully saturated rings. The Hall–Kier alpha value is -0.0151. The molecule has 0 aromatic rings. The van der Waals surface area contributed by atoms with Crippen LogP contribution in [0.5, 0.6) is 0 Å². The van der Waals surface area contributed by atoms with Crippen LogP contribution in [0.4, 0.5) is 0 Å². The summed E-state index contributed by atoms with van der Waals surface area (Å²) in [6.07, 6.45) is 0. The molecule has 0 saturated heterocycles. The van der Waals surface area contributed by atoms with E-state index in [2.05, 4.69) is 0 Å². The van der Waals surface area contributed by atoms with E-state index in [1.807, 2.05) is 20.8 Å². The number of hydrogen-bond donors (Lipinski definition) is 0. The summed E-state index contributed by atoms with van der Waals surface area (Å²) in [7, 11) is 5.35. The van der Waals surface area contributed by atoms with Gasteiger partial charge in [-0.05, 0) is 0 Å². The van der Waals surface area contributed by atoms with Gasteiger partial charge in [0.25, 0.3) is 0 Å². The zero-order valence-corrected chi connectivity index (χ0v) is 5.08. The highest BCUT2D eigenvalue weighted by atomic mass is 16.0. The van der Waals surface area contributed by atoms with E-state index >= 15 is 0 Å². The van der Waals surface area contributed by atoms with Crippen molar-refractivity contribution in [3.05, 3.63) is 0 Å². The molecule has 7 heavy (non-hydrogen) atoms. The van der Waals surface area contributed by atoms with Gasteiger partial charge in [0.2, 0.25) is 0 Å². The SMILES string of the molecule is O.O.[B]C(C)(C)C. The van der Waals surface area contributed by atoms with Crippen molar-refractivity contribution in [1.82, 2.24) is 0 Å². The second-order valence-electron chi connectivity index (χ2n) is 2.37. The molecule has 0 saturated carbocycles. The average Bonchev–Trinajstić information content (AvgIpc) is 0.722. The lowest BCUT2D eigenvalue weighted by Gasteiger charge is -2.05. The third-order valence-electron chi connectivity index (χ3n) is 0. The molecule has 2 nitrogen and oxygen atoms in total. The first-order chi connectivity index (χ1) is 2.00. The highest BCUT2D eigenvalue weighted by Gasteiger charge is 1.95. The summed E-state index contributed by atoms with van der Waals surface area (Å²) in [6, 6.07) is 0. The smallest absolute Gasteiger partial charge is 0.0735 e. The maximum atomic E-state index is 5.35. The summed E-state index contributed by atoms with van der Waals surface area (Å²) in [5.41, 5.74) is 0. The predicted octanol–water partition coefficient (Wildman–Crippen LogP) is -0.276. The van der Waals surface area contributed by atoms with Gasteiger partial charge < -0.3 is 11.0 Å². The van der Waals surface area contributed by atoms with Crippen LogP contribution in [0.3, 0.4) is 0 Å². The molecule has 0 aliphatic heterocycles. The molecule has 0 rings (SSSR count). The van der Waals surface area contributed by atoms with Gasteiger partial charge in [-0.1, -0.05) is 26.1 Å². The van der Waals surface area contributed by atoms with Crippen molar-refractivity contribution in [2.75, 3.05) is 0 Å². The molecular formula is C4H13BO2. The summed E-state index contributed by atoms with van der Waals surface area (Å²) >= 11 is 0. The molecule has 0 spiro atoms. The van der Waals surface area contributed by atoms with Crippen molar-refractivity contribution in [3.8, 4) is 0 Å². The van der Waals surface area contributed by atoms with E-state index in [-0.39, 0.29) is 16.3 Å². The van der Waals surface area contributed by atoms with Crippen LogP contribution in [-0.4, -0.2) is 18.8 Å². The molecule has 4 N–H and O–H groups in total. The second kappa shape index (κ2) is 4.15. The monoisotopic (exact) mass is 104 g/mol. The third-order valence-corrected chi connectivity index (χ3v) is 0. The van der Waals surface area contributed by atoms with E-state index in [1.165, 1.54) is 0 Å². The van der Waals surface area contributed by atoms with E-state index < -0.39 is 0 Å². The van der Waals surface area contributed by atoms with Gasteiger partial charge in [0.1, 0.15) is 0 Å². The molecular weight excluding hydrogens is 90.9 g/mol.